The molecule has 29 heavy (non-hydrogen) atoms. The number of amides is 1. The van der Waals surface area contributed by atoms with Crippen molar-refractivity contribution in [3.8, 4) is 0 Å². The second kappa shape index (κ2) is 8.87. The van der Waals surface area contributed by atoms with E-state index in [1.54, 1.807) is 0 Å². The molecule has 0 unspecified atom stereocenters. The molecule has 4 nitrogen and oxygen atoms in total. The lowest BCUT2D eigenvalue weighted by Gasteiger charge is -2.34. The van der Waals surface area contributed by atoms with Crippen molar-refractivity contribution in [1.82, 2.24) is 9.80 Å². The van der Waals surface area contributed by atoms with Crippen molar-refractivity contribution in [2.45, 2.75) is 12.7 Å². The van der Waals surface area contributed by atoms with Crippen LogP contribution in [-0.2, 0) is 17.5 Å². The van der Waals surface area contributed by atoms with Gasteiger partial charge in [-0.25, -0.2) is 8.78 Å². The number of carbonyl (C=O) groups excluding carboxylic acids is 1. The van der Waals surface area contributed by atoms with Crippen molar-refractivity contribution in [1.29, 1.82) is 0 Å². The SMILES string of the molecule is O=C(CN1CCN(Cc2ccc(C(F)(F)F)cc2)CC1)Nc1ccc(F)cc1F. The molecule has 0 aliphatic carbocycles. The summed E-state index contributed by atoms with van der Waals surface area (Å²) in [6.07, 6.45) is -4.35. The van der Waals surface area contributed by atoms with E-state index in [1.165, 1.54) is 18.2 Å². The zero-order chi connectivity index (χ0) is 21.0. The van der Waals surface area contributed by atoms with E-state index in [-0.39, 0.29) is 12.2 Å². The highest BCUT2D eigenvalue weighted by Crippen LogP contribution is 2.29. The Hall–Kier alpha value is -2.52. The highest BCUT2D eigenvalue weighted by molar-refractivity contribution is 5.92. The first-order valence-electron chi connectivity index (χ1n) is 9.06. The number of hydrogen-bond donors (Lipinski definition) is 1. The molecule has 1 saturated heterocycles. The summed E-state index contributed by atoms with van der Waals surface area (Å²) in [5.74, 6) is -1.95. The first-order chi connectivity index (χ1) is 13.7. The number of nitrogens with one attached hydrogen (secondary N) is 1. The quantitative estimate of drug-likeness (QED) is 0.759. The van der Waals surface area contributed by atoms with Crippen molar-refractivity contribution < 1.29 is 26.7 Å². The Kier molecular flexibility index (Phi) is 6.49. The van der Waals surface area contributed by atoms with Crippen LogP contribution < -0.4 is 5.32 Å². The maximum atomic E-state index is 13.6. The van der Waals surface area contributed by atoms with Crippen molar-refractivity contribution in [3.05, 3.63) is 65.2 Å². The molecule has 1 N–H and O–H groups in total. The van der Waals surface area contributed by atoms with Gasteiger partial charge in [-0.1, -0.05) is 12.1 Å². The average Bonchev–Trinajstić information content (AvgIpc) is 2.65. The molecule has 1 fully saturated rings. The second-order valence-electron chi connectivity index (χ2n) is 6.92. The summed E-state index contributed by atoms with van der Waals surface area (Å²) >= 11 is 0. The molecular weight excluding hydrogens is 393 g/mol. The summed E-state index contributed by atoms with van der Waals surface area (Å²) in [5, 5.41) is 2.43. The summed E-state index contributed by atoms with van der Waals surface area (Å²) in [4.78, 5) is 16.1. The third-order valence-corrected chi connectivity index (χ3v) is 4.72. The minimum absolute atomic E-state index is 0.0719. The van der Waals surface area contributed by atoms with E-state index in [0.29, 0.717) is 38.8 Å². The Labute approximate surface area is 164 Å². The van der Waals surface area contributed by atoms with Crippen LogP contribution in [0.1, 0.15) is 11.1 Å². The molecule has 3 rings (SSSR count). The lowest BCUT2D eigenvalue weighted by atomic mass is 10.1. The lowest BCUT2D eigenvalue weighted by Crippen LogP contribution is -2.48. The first kappa shape index (κ1) is 21.2. The first-order valence-corrected chi connectivity index (χ1v) is 9.06. The van der Waals surface area contributed by atoms with Crippen molar-refractivity contribution in [3.63, 3.8) is 0 Å². The number of piperazine rings is 1. The van der Waals surface area contributed by atoms with Gasteiger partial charge in [0.2, 0.25) is 5.91 Å². The van der Waals surface area contributed by atoms with Gasteiger partial charge >= 0.3 is 6.18 Å². The maximum Gasteiger partial charge on any atom is 0.416 e. The van der Waals surface area contributed by atoms with E-state index in [0.717, 1.165) is 23.8 Å². The van der Waals surface area contributed by atoms with E-state index in [4.69, 9.17) is 0 Å². The Bertz CT molecular complexity index is 846. The molecule has 1 aliphatic heterocycles. The Morgan fingerprint density at radius 2 is 1.55 bits per heavy atom. The molecule has 0 bridgehead atoms. The van der Waals surface area contributed by atoms with Gasteiger partial charge in [-0.15, -0.1) is 0 Å². The summed E-state index contributed by atoms with van der Waals surface area (Å²) in [6.45, 7) is 3.10. The van der Waals surface area contributed by atoms with Gasteiger partial charge in [0.05, 0.1) is 17.8 Å². The van der Waals surface area contributed by atoms with Crippen molar-refractivity contribution in [2.75, 3.05) is 38.0 Å². The Morgan fingerprint density at radius 1 is 0.931 bits per heavy atom. The number of nitrogens with zero attached hydrogens (tertiary/aromatic N) is 2. The lowest BCUT2D eigenvalue weighted by molar-refractivity contribution is -0.137. The molecule has 2 aromatic carbocycles. The normalized spacial score (nSPS) is 16.0. The number of carbonyl (C=O) groups is 1. The van der Waals surface area contributed by atoms with Crippen LogP contribution in [0, 0.1) is 11.6 Å². The molecule has 2 aromatic rings. The van der Waals surface area contributed by atoms with E-state index in [1.807, 2.05) is 4.90 Å². The van der Waals surface area contributed by atoms with E-state index in [9.17, 15) is 26.7 Å². The van der Waals surface area contributed by atoms with Gasteiger partial charge in [-0.3, -0.25) is 14.6 Å². The molecule has 0 spiro atoms. The molecule has 0 saturated carbocycles. The predicted octanol–water partition coefficient (Wildman–Crippen LogP) is 3.74. The third kappa shape index (κ3) is 5.98. The zero-order valence-corrected chi connectivity index (χ0v) is 15.5. The maximum absolute atomic E-state index is 13.6. The second-order valence-corrected chi connectivity index (χ2v) is 6.92. The molecule has 156 valence electrons. The number of halogens is 5. The molecule has 0 atom stereocenters. The van der Waals surface area contributed by atoms with E-state index in [2.05, 4.69) is 10.2 Å². The molecular formula is C20H20F5N3O. The minimum atomic E-state index is -4.35. The summed E-state index contributed by atoms with van der Waals surface area (Å²) in [5.41, 5.74) is 0.0444. The summed E-state index contributed by atoms with van der Waals surface area (Å²) < 4.78 is 64.4. The third-order valence-electron chi connectivity index (χ3n) is 4.72. The van der Waals surface area contributed by atoms with Crippen molar-refractivity contribution in [2.24, 2.45) is 0 Å². The van der Waals surface area contributed by atoms with Crippen LogP contribution in [0.15, 0.2) is 42.5 Å². The van der Waals surface area contributed by atoms with Gasteiger partial charge in [0, 0.05) is 38.8 Å². The van der Waals surface area contributed by atoms with Crippen LogP contribution in [0.3, 0.4) is 0 Å². The fourth-order valence-corrected chi connectivity index (χ4v) is 3.15. The molecule has 9 heteroatoms. The molecule has 1 amide bonds. The van der Waals surface area contributed by atoms with Crippen LogP contribution in [0.4, 0.5) is 27.6 Å². The Morgan fingerprint density at radius 3 is 2.14 bits per heavy atom. The van der Waals surface area contributed by atoms with Gasteiger partial charge in [-0.2, -0.15) is 13.2 Å². The smallest absolute Gasteiger partial charge is 0.322 e. The van der Waals surface area contributed by atoms with Gasteiger partial charge in [0.15, 0.2) is 0 Å². The van der Waals surface area contributed by atoms with Gasteiger partial charge in [0.25, 0.3) is 0 Å². The number of hydrogen-bond acceptors (Lipinski definition) is 3. The van der Waals surface area contributed by atoms with Gasteiger partial charge in [-0.05, 0) is 29.8 Å². The van der Waals surface area contributed by atoms with Gasteiger partial charge in [0.1, 0.15) is 11.6 Å². The van der Waals surface area contributed by atoms with Crippen LogP contribution >= 0.6 is 0 Å². The highest BCUT2D eigenvalue weighted by atomic mass is 19.4. The predicted molar refractivity (Wildman–Crippen MR) is 98.1 cm³/mol. The van der Waals surface area contributed by atoms with E-state index < -0.39 is 29.3 Å². The van der Waals surface area contributed by atoms with Crippen LogP contribution in [-0.4, -0.2) is 48.4 Å². The van der Waals surface area contributed by atoms with Crippen molar-refractivity contribution >= 4 is 11.6 Å². The van der Waals surface area contributed by atoms with Gasteiger partial charge < -0.3 is 5.32 Å². The molecule has 0 radical (unpaired) electrons. The largest absolute Gasteiger partial charge is 0.416 e. The molecule has 0 aromatic heterocycles. The topological polar surface area (TPSA) is 35.6 Å². The molecule has 1 aliphatic rings. The highest BCUT2D eigenvalue weighted by Gasteiger charge is 2.30. The van der Waals surface area contributed by atoms with Crippen LogP contribution in [0.2, 0.25) is 0 Å². The number of alkyl halides is 3. The fourth-order valence-electron chi connectivity index (χ4n) is 3.15. The van der Waals surface area contributed by atoms with Crippen LogP contribution in [0.5, 0.6) is 0 Å². The fraction of sp³-hybridized carbons (Fsp3) is 0.350. The number of anilines is 1. The average molecular weight is 413 g/mol. The van der Waals surface area contributed by atoms with E-state index >= 15 is 0 Å². The summed E-state index contributed by atoms with van der Waals surface area (Å²) in [6, 6.07) is 8.04. The Balaban J connectivity index is 1.45. The minimum Gasteiger partial charge on any atom is -0.322 e. The monoisotopic (exact) mass is 413 g/mol. The standard InChI is InChI=1S/C20H20F5N3O/c21-16-5-6-18(17(22)11-16)26-19(29)13-28-9-7-27(8-10-28)12-14-1-3-15(4-2-14)20(23,24)25/h1-6,11H,7-10,12-13H2,(H,26,29). The number of benzene rings is 2. The zero-order valence-electron chi connectivity index (χ0n) is 15.5. The summed E-state index contributed by atoms with van der Waals surface area (Å²) in [7, 11) is 0. The van der Waals surface area contributed by atoms with Crippen LogP contribution in [0.25, 0.3) is 0 Å². The molecule has 1 heterocycles. The number of rotatable bonds is 5.